The fraction of sp³-hybridized carbons (Fsp3) is 0.250. The molecule has 1 aromatic carbocycles. The Morgan fingerprint density at radius 1 is 1.29 bits per heavy atom. The standard InChI is InChI=1S/C16H17N3O2/c1-11(20)10-18-16-13(9-17)5-8-15(19-16)12-3-6-14(21-2)7-4-12/h3-8,11,20H,10H2,1-2H3,(H,18,19). The number of benzene rings is 1. The average Bonchev–Trinajstić information content (AvgIpc) is 2.52. The first-order chi connectivity index (χ1) is 10.1. The summed E-state index contributed by atoms with van der Waals surface area (Å²) in [5, 5.41) is 21.4. The summed E-state index contributed by atoms with van der Waals surface area (Å²) in [4.78, 5) is 4.46. The molecule has 1 atom stereocenters. The number of nitrogens with one attached hydrogen (secondary N) is 1. The molecule has 0 bridgehead atoms. The van der Waals surface area contributed by atoms with Gasteiger partial charge in [-0.3, -0.25) is 0 Å². The Kier molecular flexibility index (Phi) is 4.75. The molecule has 2 aromatic rings. The van der Waals surface area contributed by atoms with Crippen LogP contribution in [-0.2, 0) is 0 Å². The number of methoxy groups -OCH3 is 1. The van der Waals surface area contributed by atoms with Gasteiger partial charge in [0.1, 0.15) is 17.6 Å². The minimum atomic E-state index is -0.511. The summed E-state index contributed by atoms with van der Waals surface area (Å²) in [6, 6.07) is 13.1. The van der Waals surface area contributed by atoms with Crippen molar-refractivity contribution in [3.63, 3.8) is 0 Å². The van der Waals surface area contributed by atoms with Gasteiger partial charge in [0.15, 0.2) is 0 Å². The van der Waals surface area contributed by atoms with Crippen molar-refractivity contribution in [2.24, 2.45) is 0 Å². The number of hydrogen-bond acceptors (Lipinski definition) is 5. The summed E-state index contributed by atoms with van der Waals surface area (Å²) in [5.41, 5.74) is 2.14. The molecular formula is C16H17N3O2. The van der Waals surface area contributed by atoms with Crippen molar-refractivity contribution < 1.29 is 9.84 Å². The Labute approximate surface area is 123 Å². The van der Waals surface area contributed by atoms with Crippen LogP contribution in [0.3, 0.4) is 0 Å². The molecule has 0 amide bonds. The van der Waals surface area contributed by atoms with Crippen molar-refractivity contribution >= 4 is 5.82 Å². The highest BCUT2D eigenvalue weighted by atomic mass is 16.5. The number of ether oxygens (including phenoxy) is 1. The molecule has 1 heterocycles. The van der Waals surface area contributed by atoms with Gasteiger partial charge in [-0.2, -0.15) is 5.26 Å². The lowest BCUT2D eigenvalue weighted by Gasteiger charge is -2.11. The third-order valence-corrected chi connectivity index (χ3v) is 2.97. The van der Waals surface area contributed by atoms with Gasteiger partial charge in [0.2, 0.25) is 0 Å². The quantitative estimate of drug-likeness (QED) is 0.881. The number of rotatable bonds is 5. The van der Waals surface area contributed by atoms with Gasteiger partial charge < -0.3 is 15.2 Å². The van der Waals surface area contributed by atoms with Crippen molar-refractivity contribution in [1.82, 2.24) is 4.98 Å². The van der Waals surface area contributed by atoms with E-state index in [-0.39, 0.29) is 0 Å². The molecule has 0 saturated heterocycles. The zero-order valence-electron chi connectivity index (χ0n) is 12.0. The van der Waals surface area contributed by atoms with Gasteiger partial charge in [0.05, 0.1) is 24.5 Å². The second kappa shape index (κ2) is 6.73. The number of nitriles is 1. The largest absolute Gasteiger partial charge is 0.497 e. The summed E-state index contributed by atoms with van der Waals surface area (Å²) in [6.45, 7) is 2.01. The van der Waals surface area contributed by atoms with Crippen LogP contribution in [0.4, 0.5) is 5.82 Å². The predicted octanol–water partition coefficient (Wildman–Crippen LogP) is 2.42. The van der Waals surface area contributed by atoms with Crippen LogP contribution in [0.2, 0.25) is 0 Å². The van der Waals surface area contributed by atoms with Crippen molar-refractivity contribution in [1.29, 1.82) is 5.26 Å². The first-order valence-electron chi connectivity index (χ1n) is 6.61. The van der Waals surface area contributed by atoms with E-state index in [1.54, 1.807) is 26.2 Å². The van der Waals surface area contributed by atoms with Crippen LogP contribution in [0, 0.1) is 11.3 Å². The molecule has 0 aliphatic carbocycles. The highest BCUT2D eigenvalue weighted by Crippen LogP contribution is 2.23. The molecular weight excluding hydrogens is 266 g/mol. The normalized spacial score (nSPS) is 11.5. The van der Waals surface area contributed by atoms with Gasteiger partial charge in [-0.05, 0) is 43.3 Å². The Morgan fingerprint density at radius 2 is 2.00 bits per heavy atom. The van der Waals surface area contributed by atoms with Crippen molar-refractivity contribution in [3.8, 4) is 23.1 Å². The maximum Gasteiger partial charge on any atom is 0.144 e. The minimum absolute atomic E-state index is 0.341. The Hall–Kier alpha value is -2.58. The highest BCUT2D eigenvalue weighted by Gasteiger charge is 2.08. The molecule has 5 nitrogen and oxygen atoms in total. The zero-order chi connectivity index (χ0) is 15.2. The lowest BCUT2D eigenvalue weighted by Crippen LogP contribution is -2.16. The average molecular weight is 283 g/mol. The monoisotopic (exact) mass is 283 g/mol. The molecule has 0 spiro atoms. The van der Waals surface area contributed by atoms with Crippen LogP contribution in [0.5, 0.6) is 5.75 Å². The zero-order valence-corrected chi connectivity index (χ0v) is 12.0. The molecule has 2 N–H and O–H groups in total. The lowest BCUT2D eigenvalue weighted by atomic mass is 10.1. The van der Waals surface area contributed by atoms with Gasteiger partial charge >= 0.3 is 0 Å². The molecule has 0 aliphatic rings. The van der Waals surface area contributed by atoms with E-state index < -0.39 is 6.10 Å². The summed E-state index contributed by atoms with van der Waals surface area (Å²) in [7, 11) is 1.62. The third kappa shape index (κ3) is 3.71. The van der Waals surface area contributed by atoms with Gasteiger partial charge in [-0.25, -0.2) is 4.98 Å². The number of hydrogen-bond donors (Lipinski definition) is 2. The van der Waals surface area contributed by atoms with E-state index >= 15 is 0 Å². The van der Waals surface area contributed by atoms with Crippen LogP contribution in [0.25, 0.3) is 11.3 Å². The molecule has 108 valence electrons. The fourth-order valence-electron chi connectivity index (χ4n) is 1.85. The van der Waals surface area contributed by atoms with E-state index in [4.69, 9.17) is 10.00 Å². The number of aromatic nitrogens is 1. The minimum Gasteiger partial charge on any atom is -0.497 e. The van der Waals surface area contributed by atoms with Crippen LogP contribution in [0.15, 0.2) is 36.4 Å². The Bertz CT molecular complexity index is 646. The lowest BCUT2D eigenvalue weighted by molar-refractivity contribution is 0.208. The maximum absolute atomic E-state index is 9.33. The maximum atomic E-state index is 9.33. The van der Waals surface area contributed by atoms with Crippen LogP contribution in [0.1, 0.15) is 12.5 Å². The van der Waals surface area contributed by atoms with Gasteiger partial charge in [0.25, 0.3) is 0 Å². The van der Waals surface area contributed by atoms with Crippen molar-refractivity contribution in [2.75, 3.05) is 19.0 Å². The summed E-state index contributed by atoms with van der Waals surface area (Å²) >= 11 is 0. The van der Waals surface area contributed by atoms with Gasteiger partial charge in [0, 0.05) is 12.1 Å². The smallest absolute Gasteiger partial charge is 0.144 e. The number of aliphatic hydroxyl groups is 1. The number of nitrogens with zero attached hydrogens (tertiary/aromatic N) is 2. The molecule has 0 aliphatic heterocycles. The summed E-state index contributed by atoms with van der Waals surface area (Å²) in [6.07, 6.45) is -0.511. The summed E-state index contributed by atoms with van der Waals surface area (Å²) in [5.74, 6) is 1.26. The molecule has 21 heavy (non-hydrogen) atoms. The molecule has 1 unspecified atom stereocenters. The van der Waals surface area contributed by atoms with Gasteiger partial charge in [-0.1, -0.05) is 0 Å². The van der Waals surface area contributed by atoms with Crippen LogP contribution < -0.4 is 10.1 Å². The van der Waals surface area contributed by atoms with E-state index in [2.05, 4.69) is 16.4 Å². The van der Waals surface area contributed by atoms with E-state index in [1.165, 1.54) is 0 Å². The van der Waals surface area contributed by atoms with Crippen molar-refractivity contribution in [3.05, 3.63) is 42.0 Å². The topological polar surface area (TPSA) is 78.2 Å². The molecule has 0 saturated carbocycles. The van der Waals surface area contributed by atoms with Crippen molar-refractivity contribution in [2.45, 2.75) is 13.0 Å². The molecule has 1 aromatic heterocycles. The number of pyridine rings is 1. The number of anilines is 1. The third-order valence-electron chi connectivity index (χ3n) is 2.97. The highest BCUT2D eigenvalue weighted by molar-refractivity contribution is 5.65. The Balaban J connectivity index is 2.31. The first-order valence-corrected chi connectivity index (χ1v) is 6.61. The van der Waals surface area contributed by atoms with E-state index in [0.717, 1.165) is 17.0 Å². The molecule has 0 radical (unpaired) electrons. The van der Waals surface area contributed by atoms with Crippen LogP contribution >= 0.6 is 0 Å². The van der Waals surface area contributed by atoms with E-state index in [0.29, 0.717) is 17.9 Å². The van der Waals surface area contributed by atoms with E-state index in [9.17, 15) is 5.11 Å². The molecule has 0 fully saturated rings. The SMILES string of the molecule is COc1ccc(-c2ccc(C#N)c(NCC(C)O)n2)cc1. The number of aliphatic hydroxyl groups excluding tert-OH is 1. The molecule has 5 heteroatoms. The van der Waals surface area contributed by atoms with E-state index in [1.807, 2.05) is 24.3 Å². The fourth-order valence-corrected chi connectivity index (χ4v) is 1.85. The Morgan fingerprint density at radius 3 is 2.57 bits per heavy atom. The molecule has 2 rings (SSSR count). The second-order valence-corrected chi connectivity index (χ2v) is 4.66. The summed E-state index contributed by atoms with van der Waals surface area (Å²) < 4.78 is 5.13. The van der Waals surface area contributed by atoms with Gasteiger partial charge in [-0.15, -0.1) is 0 Å². The first kappa shape index (κ1) is 14.8. The second-order valence-electron chi connectivity index (χ2n) is 4.66. The predicted molar refractivity (Wildman–Crippen MR) is 81.1 cm³/mol. The van der Waals surface area contributed by atoms with Crippen LogP contribution in [-0.4, -0.2) is 29.8 Å².